The number of ether oxygens (including phenoxy) is 2. The molecule has 41 heavy (non-hydrogen) atoms. The van der Waals surface area contributed by atoms with Crippen LogP contribution in [0.1, 0.15) is 11.1 Å². The predicted molar refractivity (Wildman–Crippen MR) is 167 cm³/mol. The van der Waals surface area contributed by atoms with Crippen molar-refractivity contribution < 1.29 is 9.47 Å². The fourth-order valence-electron chi connectivity index (χ4n) is 5.78. The lowest BCUT2D eigenvalue weighted by molar-refractivity contribution is 0.446. The van der Waals surface area contributed by atoms with E-state index in [9.17, 15) is 0 Å². The maximum Gasteiger partial charge on any atom is 0.156 e. The van der Waals surface area contributed by atoms with Gasteiger partial charge in [-0.3, -0.25) is 4.90 Å². The van der Waals surface area contributed by atoms with E-state index in [1.165, 1.54) is 11.1 Å². The van der Waals surface area contributed by atoms with Crippen molar-refractivity contribution in [1.29, 1.82) is 0 Å². The largest absolute Gasteiger partial charge is 0.453 e. The second-order valence-corrected chi connectivity index (χ2v) is 10.8. The third kappa shape index (κ3) is 3.97. The van der Waals surface area contributed by atoms with Crippen LogP contribution in [0.25, 0.3) is 33.4 Å². The summed E-state index contributed by atoms with van der Waals surface area (Å²) in [6.07, 6.45) is 0. The minimum Gasteiger partial charge on any atom is -0.453 e. The molecule has 2 aliphatic heterocycles. The molecule has 2 aliphatic rings. The third-order valence-electron chi connectivity index (χ3n) is 7.98. The second-order valence-electron chi connectivity index (χ2n) is 10.8. The van der Waals surface area contributed by atoms with Gasteiger partial charge in [0, 0.05) is 0 Å². The van der Waals surface area contributed by atoms with Crippen LogP contribution >= 0.6 is 0 Å². The molecule has 0 aromatic heterocycles. The van der Waals surface area contributed by atoms with Crippen molar-refractivity contribution in [2.24, 2.45) is 0 Å². The summed E-state index contributed by atoms with van der Waals surface area (Å²) >= 11 is 0. The van der Waals surface area contributed by atoms with Crippen molar-refractivity contribution in [3.63, 3.8) is 0 Å². The Kier molecular flexibility index (Phi) is 5.26. The van der Waals surface area contributed by atoms with Crippen molar-refractivity contribution in [3.8, 4) is 56.4 Å². The van der Waals surface area contributed by atoms with Gasteiger partial charge in [-0.15, -0.1) is 0 Å². The number of benzene rings is 6. The van der Waals surface area contributed by atoms with Gasteiger partial charge in [0.1, 0.15) is 5.69 Å². The van der Waals surface area contributed by atoms with Gasteiger partial charge in [-0.25, -0.2) is 0 Å². The van der Waals surface area contributed by atoms with Gasteiger partial charge in [0.05, 0.1) is 11.4 Å². The van der Waals surface area contributed by atoms with Crippen LogP contribution < -0.4 is 14.4 Å². The van der Waals surface area contributed by atoms with Crippen LogP contribution in [0.4, 0.5) is 17.1 Å². The van der Waals surface area contributed by atoms with Gasteiger partial charge in [0.15, 0.2) is 23.0 Å². The molecule has 0 spiro atoms. The van der Waals surface area contributed by atoms with Crippen LogP contribution in [0.3, 0.4) is 0 Å². The Morgan fingerprint density at radius 1 is 0.390 bits per heavy atom. The lowest BCUT2D eigenvalue weighted by atomic mass is 9.98. The second kappa shape index (κ2) is 9.14. The lowest BCUT2D eigenvalue weighted by Crippen LogP contribution is -2.20. The molecule has 6 aromatic carbocycles. The average Bonchev–Trinajstić information content (AvgIpc) is 3.01. The highest BCUT2D eigenvalue weighted by Crippen LogP contribution is 2.61. The average molecular weight is 530 g/mol. The van der Waals surface area contributed by atoms with E-state index >= 15 is 0 Å². The van der Waals surface area contributed by atoms with Crippen molar-refractivity contribution in [1.82, 2.24) is 0 Å². The first kappa shape index (κ1) is 23.6. The topological polar surface area (TPSA) is 21.7 Å². The summed E-state index contributed by atoms with van der Waals surface area (Å²) in [4.78, 5) is 2.29. The molecule has 3 heteroatoms. The Morgan fingerprint density at radius 3 is 1.29 bits per heavy atom. The SMILES string of the molecule is Cc1ccc(-c2ccc3c(c2)Oc2cc(-c4ccccc4)cc4c2N3c2ccc(-c3ccc(C)cc3)cc2O4)cc1. The first-order valence-corrected chi connectivity index (χ1v) is 13.9. The molecule has 0 N–H and O–H groups in total. The molecule has 0 unspecified atom stereocenters. The minimum atomic E-state index is 0.781. The van der Waals surface area contributed by atoms with Gasteiger partial charge >= 0.3 is 0 Å². The molecule has 0 aliphatic carbocycles. The number of anilines is 3. The molecule has 0 fully saturated rings. The Labute approximate surface area is 239 Å². The summed E-state index contributed by atoms with van der Waals surface area (Å²) in [6, 6.07) is 44.8. The normalized spacial score (nSPS) is 12.5. The smallest absolute Gasteiger partial charge is 0.156 e. The van der Waals surface area contributed by atoms with Crippen LogP contribution in [-0.4, -0.2) is 0 Å². The summed E-state index contributed by atoms with van der Waals surface area (Å²) < 4.78 is 13.3. The summed E-state index contributed by atoms with van der Waals surface area (Å²) in [7, 11) is 0. The highest BCUT2D eigenvalue weighted by atomic mass is 16.5. The van der Waals surface area contributed by atoms with Crippen molar-refractivity contribution >= 4 is 17.1 Å². The monoisotopic (exact) mass is 529 g/mol. The Hall–Kier alpha value is -5.28. The van der Waals surface area contributed by atoms with Gasteiger partial charge < -0.3 is 9.47 Å². The summed E-state index contributed by atoms with van der Waals surface area (Å²) in [6.45, 7) is 4.22. The summed E-state index contributed by atoms with van der Waals surface area (Å²) in [5.74, 6) is 3.20. The van der Waals surface area contributed by atoms with E-state index in [4.69, 9.17) is 9.47 Å². The van der Waals surface area contributed by atoms with Gasteiger partial charge in [-0.05, 0) is 83.6 Å². The van der Waals surface area contributed by atoms with Crippen LogP contribution in [0.2, 0.25) is 0 Å². The number of nitrogens with zero attached hydrogens (tertiary/aromatic N) is 1. The predicted octanol–water partition coefficient (Wildman–Crippen LogP) is 11.0. The highest BCUT2D eigenvalue weighted by molar-refractivity contribution is 5.96. The zero-order valence-electron chi connectivity index (χ0n) is 22.9. The minimum absolute atomic E-state index is 0.781. The zero-order chi connectivity index (χ0) is 27.5. The maximum absolute atomic E-state index is 6.67. The Morgan fingerprint density at radius 2 is 0.805 bits per heavy atom. The molecule has 6 aromatic rings. The van der Waals surface area contributed by atoms with Crippen LogP contribution in [0.15, 0.2) is 127 Å². The lowest BCUT2D eigenvalue weighted by Gasteiger charge is -2.38. The number of hydrogen-bond donors (Lipinski definition) is 0. The van der Waals surface area contributed by atoms with E-state index in [0.29, 0.717) is 0 Å². The fraction of sp³-hybridized carbons (Fsp3) is 0.0526. The van der Waals surface area contributed by atoms with Crippen LogP contribution in [-0.2, 0) is 0 Å². The molecule has 0 bridgehead atoms. The fourth-order valence-corrected chi connectivity index (χ4v) is 5.78. The van der Waals surface area contributed by atoms with Crippen molar-refractivity contribution in [3.05, 3.63) is 139 Å². The van der Waals surface area contributed by atoms with Gasteiger partial charge in [-0.1, -0.05) is 102 Å². The zero-order valence-corrected chi connectivity index (χ0v) is 22.9. The van der Waals surface area contributed by atoms with Crippen LogP contribution in [0, 0.1) is 13.8 Å². The molecule has 3 nitrogen and oxygen atoms in total. The van der Waals surface area contributed by atoms with E-state index in [2.05, 4.69) is 140 Å². The Bertz CT molecular complexity index is 1820. The number of fused-ring (bicyclic) bond motifs is 4. The quantitative estimate of drug-likeness (QED) is 0.227. The number of rotatable bonds is 3. The van der Waals surface area contributed by atoms with Gasteiger partial charge in [-0.2, -0.15) is 0 Å². The van der Waals surface area contributed by atoms with E-state index in [1.54, 1.807) is 0 Å². The van der Waals surface area contributed by atoms with E-state index in [-0.39, 0.29) is 0 Å². The van der Waals surface area contributed by atoms with Gasteiger partial charge in [0.25, 0.3) is 0 Å². The highest BCUT2D eigenvalue weighted by Gasteiger charge is 2.35. The standard InChI is InChI=1S/C38H27NO2/c1-24-8-12-27(13-9-24)29-16-18-32-34(20-29)40-36-22-31(26-6-4-3-5-7-26)23-37-38(36)39(32)33-19-17-30(21-35(33)41-37)28-14-10-25(2)11-15-28/h3-23H,1-2H3. The van der Waals surface area contributed by atoms with E-state index in [1.807, 2.05) is 6.07 Å². The molecule has 0 atom stereocenters. The third-order valence-corrected chi connectivity index (χ3v) is 7.98. The molecular formula is C38H27NO2. The molecule has 8 rings (SSSR count). The Balaban J connectivity index is 1.31. The summed E-state index contributed by atoms with van der Waals surface area (Å²) in [5, 5.41) is 0. The number of hydrogen-bond acceptors (Lipinski definition) is 3. The molecule has 196 valence electrons. The first-order valence-electron chi connectivity index (χ1n) is 13.9. The van der Waals surface area contributed by atoms with Gasteiger partial charge in [0.2, 0.25) is 0 Å². The molecule has 0 amide bonds. The molecule has 0 saturated heterocycles. The molecule has 2 heterocycles. The molecule has 0 radical (unpaired) electrons. The van der Waals surface area contributed by atoms with Crippen molar-refractivity contribution in [2.45, 2.75) is 13.8 Å². The summed E-state index contributed by atoms with van der Waals surface area (Å²) in [5.41, 5.74) is 12.1. The molecule has 0 saturated carbocycles. The molecular weight excluding hydrogens is 502 g/mol. The van der Waals surface area contributed by atoms with E-state index < -0.39 is 0 Å². The van der Waals surface area contributed by atoms with E-state index in [0.717, 1.165) is 73.4 Å². The van der Waals surface area contributed by atoms with Crippen LogP contribution in [0.5, 0.6) is 23.0 Å². The number of aryl methyl sites for hydroxylation is 2. The van der Waals surface area contributed by atoms with Crippen molar-refractivity contribution in [2.75, 3.05) is 4.90 Å². The maximum atomic E-state index is 6.67. The first-order chi connectivity index (χ1) is 20.1.